The van der Waals surface area contributed by atoms with Crippen molar-refractivity contribution < 1.29 is 23.1 Å². The summed E-state index contributed by atoms with van der Waals surface area (Å²) < 4.78 is 40.2. The standard InChI is InChI=1S/C21H21F3N4O2/c22-21(23,24)19-3-1-2-17(26-19)20(30)25-15-8-9-28-16(10-15)11-18(27-28)14-6-4-13(12-29)5-7-14/h1-3,8-11,13-14,29H,4-7,12H2,(H,25,30). The quantitative estimate of drug-likeness (QED) is 0.663. The van der Waals surface area contributed by atoms with Gasteiger partial charge in [-0.1, -0.05) is 6.07 Å². The van der Waals surface area contributed by atoms with E-state index in [1.807, 2.05) is 6.07 Å². The van der Waals surface area contributed by atoms with Crippen molar-refractivity contribution in [2.45, 2.75) is 37.8 Å². The first-order valence-electron chi connectivity index (χ1n) is 9.79. The zero-order valence-corrected chi connectivity index (χ0v) is 16.1. The molecular weight excluding hydrogens is 397 g/mol. The highest BCUT2D eigenvalue weighted by Crippen LogP contribution is 2.35. The van der Waals surface area contributed by atoms with Gasteiger partial charge in [-0.15, -0.1) is 0 Å². The van der Waals surface area contributed by atoms with E-state index in [0.717, 1.165) is 49.0 Å². The van der Waals surface area contributed by atoms with Gasteiger partial charge in [0.05, 0.1) is 11.2 Å². The Morgan fingerprint density at radius 3 is 2.63 bits per heavy atom. The van der Waals surface area contributed by atoms with Crippen LogP contribution < -0.4 is 5.32 Å². The Labute approximate surface area is 170 Å². The highest BCUT2D eigenvalue weighted by molar-refractivity contribution is 6.03. The molecule has 4 rings (SSSR count). The molecule has 30 heavy (non-hydrogen) atoms. The maximum Gasteiger partial charge on any atom is 0.433 e. The molecule has 3 heterocycles. The fourth-order valence-corrected chi connectivity index (χ4v) is 3.85. The monoisotopic (exact) mass is 418 g/mol. The Hall–Kier alpha value is -2.94. The van der Waals surface area contributed by atoms with Crippen LogP contribution in [0.3, 0.4) is 0 Å². The molecule has 3 aromatic heterocycles. The number of alkyl halides is 3. The van der Waals surface area contributed by atoms with Crippen molar-refractivity contribution in [3.8, 4) is 0 Å². The summed E-state index contributed by atoms with van der Waals surface area (Å²) in [4.78, 5) is 15.8. The largest absolute Gasteiger partial charge is 0.433 e. The molecular formula is C21H21F3N4O2. The van der Waals surface area contributed by atoms with E-state index in [1.165, 1.54) is 6.07 Å². The maximum absolute atomic E-state index is 12.8. The summed E-state index contributed by atoms with van der Waals surface area (Å²) in [6.07, 6.45) is 0.980. The van der Waals surface area contributed by atoms with E-state index in [1.54, 1.807) is 22.8 Å². The number of nitrogens with zero attached hydrogens (tertiary/aromatic N) is 3. The van der Waals surface area contributed by atoms with E-state index in [9.17, 15) is 23.1 Å². The lowest BCUT2D eigenvalue weighted by Crippen LogP contribution is -2.17. The van der Waals surface area contributed by atoms with Gasteiger partial charge >= 0.3 is 6.18 Å². The van der Waals surface area contributed by atoms with Crippen LogP contribution in [-0.2, 0) is 6.18 Å². The number of carbonyl (C=O) groups is 1. The van der Waals surface area contributed by atoms with Crippen molar-refractivity contribution in [2.75, 3.05) is 11.9 Å². The van der Waals surface area contributed by atoms with Gasteiger partial charge in [-0.2, -0.15) is 18.3 Å². The number of pyridine rings is 2. The van der Waals surface area contributed by atoms with Crippen LogP contribution in [0.15, 0.2) is 42.6 Å². The molecule has 9 heteroatoms. The van der Waals surface area contributed by atoms with Crippen molar-refractivity contribution in [2.24, 2.45) is 5.92 Å². The molecule has 0 atom stereocenters. The fraction of sp³-hybridized carbons (Fsp3) is 0.381. The van der Waals surface area contributed by atoms with Gasteiger partial charge in [0.2, 0.25) is 0 Å². The number of hydrogen-bond donors (Lipinski definition) is 2. The summed E-state index contributed by atoms with van der Waals surface area (Å²) in [5.74, 6) is -0.0166. The molecule has 6 nitrogen and oxygen atoms in total. The number of fused-ring (bicyclic) bond motifs is 1. The van der Waals surface area contributed by atoms with Crippen molar-refractivity contribution >= 4 is 17.1 Å². The van der Waals surface area contributed by atoms with Gasteiger partial charge in [0.25, 0.3) is 5.91 Å². The minimum atomic E-state index is -4.61. The number of rotatable bonds is 4. The molecule has 1 fully saturated rings. The van der Waals surface area contributed by atoms with E-state index in [2.05, 4.69) is 15.4 Å². The topological polar surface area (TPSA) is 79.5 Å². The number of aliphatic hydroxyl groups excluding tert-OH is 1. The highest BCUT2D eigenvalue weighted by Gasteiger charge is 2.33. The fourth-order valence-electron chi connectivity index (χ4n) is 3.85. The molecule has 0 unspecified atom stereocenters. The number of aliphatic hydroxyl groups is 1. The van der Waals surface area contributed by atoms with Crippen LogP contribution in [0.4, 0.5) is 18.9 Å². The van der Waals surface area contributed by atoms with Crippen LogP contribution in [-0.4, -0.2) is 32.2 Å². The number of nitrogens with one attached hydrogen (secondary N) is 1. The maximum atomic E-state index is 12.8. The molecule has 1 amide bonds. The van der Waals surface area contributed by atoms with Crippen molar-refractivity contribution in [1.29, 1.82) is 0 Å². The minimum absolute atomic E-state index is 0.224. The van der Waals surface area contributed by atoms with Crippen LogP contribution in [0.1, 0.15) is 53.5 Å². The first kappa shape index (κ1) is 20.3. The van der Waals surface area contributed by atoms with E-state index >= 15 is 0 Å². The number of carbonyl (C=O) groups excluding carboxylic acids is 1. The third-order valence-corrected chi connectivity index (χ3v) is 5.54. The first-order chi connectivity index (χ1) is 14.3. The molecule has 1 aliphatic rings. The first-order valence-corrected chi connectivity index (χ1v) is 9.79. The average Bonchev–Trinajstić information content (AvgIpc) is 3.16. The lowest BCUT2D eigenvalue weighted by atomic mass is 9.81. The summed E-state index contributed by atoms with van der Waals surface area (Å²) in [5, 5.41) is 16.5. The third kappa shape index (κ3) is 4.30. The number of aromatic nitrogens is 3. The average molecular weight is 418 g/mol. The van der Waals surface area contributed by atoms with E-state index < -0.39 is 17.8 Å². The molecule has 3 aromatic rings. The molecule has 1 saturated carbocycles. The molecule has 2 N–H and O–H groups in total. The molecule has 0 aromatic carbocycles. The summed E-state index contributed by atoms with van der Waals surface area (Å²) in [6, 6.07) is 8.54. The van der Waals surface area contributed by atoms with Gasteiger partial charge < -0.3 is 10.4 Å². The Morgan fingerprint density at radius 2 is 1.93 bits per heavy atom. The van der Waals surface area contributed by atoms with Crippen LogP contribution >= 0.6 is 0 Å². The minimum Gasteiger partial charge on any atom is -0.396 e. The van der Waals surface area contributed by atoms with Gasteiger partial charge in [-0.25, -0.2) is 9.50 Å². The number of amides is 1. The lowest BCUT2D eigenvalue weighted by Gasteiger charge is -2.25. The predicted molar refractivity (Wildman–Crippen MR) is 104 cm³/mol. The lowest BCUT2D eigenvalue weighted by molar-refractivity contribution is -0.141. The summed E-state index contributed by atoms with van der Waals surface area (Å²) >= 11 is 0. The Balaban J connectivity index is 1.49. The Morgan fingerprint density at radius 1 is 1.17 bits per heavy atom. The number of anilines is 1. The molecule has 0 saturated heterocycles. The zero-order valence-electron chi connectivity index (χ0n) is 16.1. The van der Waals surface area contributed by atoms with Gasteiger partial charge in [0.1, 0.15) is 11.4 Å². The summed E-state index contributed by atoms with van der Waals surface area (Å²) in [5.41, 5.74) is 0.780. The molecule has 158 valence electrons. The second-order valence-corrected chi connectivity index (χ2v) is 7.61. The second kappa shape index (κ2) is 8.06. The van der Waals surface area contributed by atoms with Crippen molar-refractivity contribution in [3.05, 3.63) is 59.7 Å². The van der Waals surface area contributed by atoms with E-state index in [4.69, 9.17) is 0 Å². The van der Waals surface area contributed by atoms with Gasteiger partial charge in [0.15, 0.2) is 0 Å². The van der Waals surface area contributed by atoms with Gasteiger partial charge in [-0.05, 0) is 61.9 Å². The molecule has 0 radical (unpaired) electrons. The molecule has 1 aliphatic carbocycles. The van der Waals surface area contributed by atoms with Crippen LogP contribution in [0.2, 0.25) is 0 Å². The molecule has 0 bridgehead atoms. The number of halogens is 3. The Bertz CT molecular complexity index is 1060. The highest BCUT2D eigenvalue weighted by atomic mass is 19.4. The van der Waals surface area contributed by atoms with Gasteiger partial charge in [-0.3, -0.25) is 4.79 Å². The van der Waals surface area contributed by atoms with Crippen LogP contribution in [0.25, 0.3) is 5.52 Å². The van der Waals surface area contributed by atoms with Crippen LogP contribution in [0, 0.1) is 5.92 Å². The number of hydrogen-bond acceptors (Lipinski definition) is 4. The van der Waals surface area contributed by atoms with Crippen molar-refractivity contribution in [3.63, 3.8) is 0 Å². The smallest absolute Gasteiger partial charge is 0.396 e. The summed E-state index contributed by atoms with van der Waals surface area (Å²) in [6.45, 7) is 0.224. The normalized spacial score (nSPS) is 19.7. The van der Waals surface area contributed by atoms with Crippen molar-refractivity contribution in [1.82, 2.24) is 14.6 Å². The zero-order chi connectivity index (χ0) is 21.3. The Kier molecular flexibility index (Phi) is 5.46. The van der Waals surface area contributed by atoms with E-state index in [0.29, 0.717) is 17.5 Å². The second-order valence-electron chi connectivity index (χ2n) is 7.61. The molecule has 0 aliphatic heterocycles. The third-order valence-electron chi connectivity index (χ3n) is 5.54. The van der Waals surface area contributed by atoms with Crippen LogP contribution in [0.5, 0.6) is 0 Å². The SMILES string of the molecule is O=C(Nc1ccn2nc(C3CCC(CO)CC3)cc2c1)c1cccc(C(F)(F)F)n1. The predicted octanol–water partition coefficient (Wildman–Crippen LogP) is 4.27. The van der Waals surface area contributed by atoms with Gasteiger partial charge in [0, 0.05) is 24.4 Å². The molecule has 0 spiro atoms. The summed E-state index contributed by atoms with van der Waals surface area (Å²) in [7, 11) is 0. The van der Waals surface area contributed by atoms with E-state index in [-0.39, 0.29) is 12.3 Å².